The van der Waals surface area contributed by atoms with E-state index in [0.717, 1.165) is 36.3 Å². The molecule has 13 atom stereocenters. The van der Waals surface area contributed by atoms with E-state index in [2.05, 4.69) is 78.1 Å². The Morgan fingerprint density at radius 1 is 0.583 bits per heavy atom. The molecule has 2 aromatic carbocycles. The summed E-state index contributed by atoms with van der Waals surface area (Å²) in [5.74, 6) is -18.0. The van der Waals surface area contributed by atoms with Crippen LogP contribution in [0.2, 0.25) is 0 Å². The van der Waals surface area contributed by atoms with E-state index in [4.69, 9.17) is 22.6 Å². The van der Waals surface area contributed by atoms with Gasteiger partial charge in [-0.25, -0.2) is 9.97 Å². The average Bonchev–Trinajstić information content (AvgIpc) is 1.48. The number of likely N-dealkylation sites (N-methyl/N-ethyl adjacent to an activating group) is 4. The number of carbonyl (C=O) groups is 17. The number of aromatic nitrogens is 5. The van der Waals surface area contributed by atoms with E-state index in [9.17, 15) is 62.6 Å². The van der Waals surface area contributed by atoms with Crippen LogP contribution in [0.4, 0.5) is 0 Å². The highest BCUT2D eigenvalue weighted by atomic mass is 32.2. The number of aliphatic hydroxyl groups is 1. The smallest absolute Gasteiger partial charge is 0.246 e. The molecular formula is C89H126N24O18S. The maximum absolute atomic E-state index is 15.7. The molecule has 0 bridgehead atoms. The normalized spacial score (nSPS) is 23.6. The quantitative estimate of drug-likeness (QED) is 0.0164. The van der Waals surface area contributed by atoms with Crippen molar-refractivity contribution in [3.8, 4) is 0 Å². The van der Waals surface area contributed by atoms with Gasteiger partial charge in [0.05, 0.1) is 38.2 Å². The van der Waals surface area contributed by atoms with Gasteiger partial charge in [0, 0.05) is 125 Å². The molecule has 6 aromatic rings. The van der Waals surface area contributed by atoms with Crippen molar-refractivity contribution in [2.75, 3.05) is 72.5 Å². The van der Waals surface area contributed by atoms with E-state index in [-0.39, 0.29) is 89.6 Å². The number of ketones is 1. The summed E-state index contributed by atoms with van der Waals surface area (Å²) in [6, 6.07) is 0.872. The Kier molecular flexibility index (Phi) is 40.0. The number of hydrogen-bond donors (Lipinski definition) is 18. The van der Waals surface area contributed by atoms with Gasteiger partial charge in [-0.05, 0) is 99.1 Å². The molecule has 43 heteroatoms. The lowest BCUT2D eigenvalue weighted by atomic mass is 9.92. The van der Waals surface area contributed by atoms with Gasteiger partial charge in [0.15, 0.2) is 11.7 Å². The highest BCUT2D eigenvalue weighted by molar-refractivity contribution is 8.00. The first-order valence-electron chi connectivity index (χ1n) is 44.3. The Hall–Kier alpha value is -13.4. The van der Waals surface area contributed by atoms with E-state index in [1.807, 2.05) is 13.8 Å². The molecular weight excluding hydrogens is 1730 g/mol. The summed E-state index contributed by atoms with van der Waals surface area (Å²) >= 11 is 0.795. The summed E-state index contributed by atoms with van der Waals surface area (Å²) in [4.78, 5) is 272. The number of pyridine rings is 1. The molecule has 8 rings (SSSR count). The Morgan fingerprint density at radius 2 is 1.20 bits per heavy atom. The zero-order valence-electron chi connectivity index (χ0n) is 75.9. The van der Waals surface area contributed by atoms with Crippen molar-refractivity contribution in [2.24, 2.45) is 29.0 Å². The fraction of sp³-hybridized carbons (Fsp3) is 0.528. The van der Waals surface area contributed by atoms with Gasteiger partial charge < -0.3 is 115 Å². The number of nitrogens with one attached hydrogen (secondary N) is 14. The van der Waals surface area contributed by atoms with Crippen molar-refractivity contribution in [1.82, 2.24) is 103 Å². The molecule has 132 heavy (non-hydrogen) atoms. The summed E-state index contributed by atoms with van der Waals surface area (Å²) < 4.78 is 0. The lowest BCUT2D eigenvalue weighted by molar-refractivity contribution is -0.149. The number of rotatable bonds is 26. The number of guanidine groups is 1. The minimum absolute atomic E-state index is 0.000861. The van der Waals surface area contributed by atoms with Crippen LogP contribution in [0, 0.1) is 17.2 Å². The SMILES string of the molecule is CCCC[C@H]1C(=O)N(C)[C@@H](CCCC)C(=O)N[C@@H](CCCNC(=N)N)C(=O)N[C@H](C(=O)NCC(N)=O)CSCC(=O)N[C@@H](Cc2ccccc2)C(=O)N(C)[C@@H](C)C(=O)N[C@@H](CC(N)=O)C(=O)N2CCC[C@H]2C(=O)N[C@@H](Cc2cnc[nH]2)C(=O)N[C@@H](CC(C)C)C(=O)N(C)CC(=O)C[C@@H](Cc2c[nH]c3ccccc23)C(=O)N[C@@H](CO)C(=O)N[C@@H](Cc2c[nH]c3ncccc23)C(=O)N1C. The molecule has 2 aliphatic heterocycles. The number of thioether (sulfide) groups is 1. The Labute approximate surface area is 768 Å². The minimum Gasteiger partial charge on any atom is -0.394 e. The Bertz CT molecular complexity index is 5050. The third-order valence-electron chi connectivity index (χ3n) is 23.3. The molecule has 0 unspecified atom stereocenters. The average molecular weight is 1850 g/mol. The van der Waals surface area contributed by atoms with Crippen LogP contribution in [0.5, 0.6) is 0 Å². The van der Waals surface area contributed by atoms with E-state index in [1.54, 1.807) is 93.0 Å². The van der Waals surface area contributed by atoms with Crippen molar-refractivity contribution in [1.29, 1.82) is 5.41 Å². The number of imidazole rings is 1. The number of primary amides is 2. The van der Waals surface area contributed by atoms with Gasteiger partial charge in [0.25, 0.3) is 0 Å². The summed E-state index contributed by atoms with van der Waals surface area (Å²) in [6.45, 7) is 6.07. The number of nitrogens with two attached hydrogens (primary N) is 3. The van der Waals surface area contributed by atoms with Gasteiger partial charge >= 0.3 is 0 Å². The van der Waals surface area contributed by atoms with Gasteiger partial charge in [0.2, 0.25) is 94.5 Å². The van der Waals surface area contributed by atoms with Crippen molar-refractivity contribution in [3.63, 3.8) is 0 Å². The monoisotopic (exact) mass is 1850 g/mol. The summed E-state index contributed by atoms with van der Waals surface area (Å²) in [5.41, 5.74) is 19.8. The number of carbonyl (C=O) groups excluding carboxylic acids is 17. The van der Waals surface area contributed by atoms with Crippen LogP contribution in [0.25, 0.3) is 21.9 Å². The number of Topliss-reactive ketones (excluding diaryl/α,β-unsaturated/α-hetero) is 1. The maximum atomic E-state index is 15.7. The fourth-order valence-corrected chi connectivity index (χ4v) is 16.8. The zero-order chi connectivity index (χ0) is 96.6. The Balaban J connectivity index is 1.18. The number of para-hydroxylation sites is 1. The molecule has 21 N–H and O–H groups in total. The minimum atomic E-state index is -1.82. The first-order valence-corrected chi connectivity index (χ1v) is 45.4. The highest BCUT2D eigenvalue weighted by Crippen LogP contribution is 2.27. The molecule has 2 fully saturated rings. The van der Waals surface area contributed by atoms with E-state index >= 15 is 24.0 Å². The number of amides is 16. The molecule has 2 aliphatic rings. The van der Waals surface area contributed by atoms with Gasteiger partial charge in [-0.15, -0.1) is 11.8 Å². The van der Waals surface area contributed by atoms with Gasteiger partial charge in [-0.2, -0.15) is 0 Å². The van der Waals surface area contributed by atoms with Crippen LogP contribution in [0.15, 0.2) is 97.8 Å². The third kappa shape index (κ3) is 30.1. The summed E-state index contributed by atoms with van der Waals surface area (Å²) in [7, 11) is 5.28. The molecule has 0 radical (unpaired) electrons. The van der Waals surface area contributed by atoms with E-state index in [1.165, 1.54) is 53.8 Å². The number of nitrogens with zero attached hydrogens (tertiary/aromatic N) is 7. The number of aliphatic hydroxyl groups excluding tert-OH is 1. The Morgan fingerprint density at radius 3 is 1.87 bits per heavy atom. The van der Waals surface area contributed by atoms with Crippen LogP contribution < -0.4 is 70.4 Å². The number of hydrogen-bond acceptors (Lipinski definition) is 22. The third-order valence-corrected chi connectivity index (χ3v) is 24.3. The number of unbranched alkanes of at least 4 members (excludes halogenated alkanes) is 2. The van der Waals surface area contributed by atoms with E-state index < -0.39 is 229 Å². The second kappa shape index (κ2) is 50.7. The highest BCUT2D eigenvalue weighted by Gasteiger charge is 2.44. The molecule has 0 aliphatic carbocycles. The first-order chi connectivity index (χ1) is 62.9. The zero-order valence-corrected chi connectivity index (χ0v) is 76.8. The predicted octanol–water partition coefficient (Wildman–Crippen LogP) is -1.65. The van der Waals surface area contributed by atoms with E-state index in [0.29, 0.717) is 70.0 Å². The predicted molar refractivity (Wildman–Crippen MR) is 489 cm³/mol. The number of fused-ring (bicyclic) bond motifs is 3. The molecule has 0 saturated carbocycles. The molecule has 42 nitrogen and oxygen atoms in total. The van der Waals surface area contributed by atoms with Gasteiger partial charge in [-0.1, -0.05) is 102 Å². The van der Waals surface area contributed by atoms with Crippen LogP contribution in [-0.2, 0) is 107 Å². The van der Waals surface area contributed by atoms with Crippen molar-refractivity contribution in [3.05, 3.63) is 120 Å². The molecule has 716 valence electrons. The second-order valence-electron chi connectivity index (χ2n) is 33.8. The molecule has 16 amide bonds. The summed E-state index contributed by atoms with van der Waals surface area (Å²) in [5, 5.41) is 46.7. The van der Waals surface area contributed by atoms with Crippen LogP contribution in [0.1, 0.15) is 140 Å². The van der Waals surface area contributed by atoms with Crippen LogP contribution in [0.3, 0.4) is 0 Å². The van der Waals surface area contributed by atoms with Crippen LogP contribution >= 0.6 is 11.8 Å². The number of aromatic amines is 3. The topological polar surface area (TPSA) is 622 Å². The van der Waals surface area contributed by atoms with Crippen molar-refractivity contribution < 1.29 is 86.6 Å². The molecule has 0 spiro atoms. The largest absolute Gasteiger partial charge is 0.394 e. The maximum Gasteiger partial charge on any atom is 0.246 e. The lowest BCUT2D eigenvalue weighted by Crippen LogP contribution is -2.61. The number of benzene rings is 2. The number of H-pyrrole nitrogens is 3. The van der Waals surface area contributed by atoms with Crippen molar-refractivity contribution in [2.45, 2.75) is 216 Å². The standard InChI is InChI=1S/C89H126N24O18S/c1-10-12-28-69-82(125)102-61(27-20-32-96-89(92)93)79(122)108-68(78(121)99-44-73(91)117)47-132-48-74(118)101-64(35-52-22-15-14-16-23-52)85(128)110(7)51(5)76(119)104-66(40-72(90)116)87(130)113-33-21-30-70(113)83(126)103-62(39-56-43-94-49-100-56)80(123)105-63(34-50(3)4)84(127)109(6)45-57(115)37-53(36-54-41-97-60-26-18-17-24-58(54)60)77(120)107-67(46-114)81(124)106-65(38-55-42-98-75-59(55)25-19-31-95-75)86(129)112(9)71(29-13-11-2)88(131)111(69)8/h14-19,22-26,31,41-43,49-51,53,61-71,97,114H,10-13,20-21,27-30,32-40,44-48H2,1-9H3,(H2,90,116)(H2,91,117)(H,94,100)(H,95,98)(H,99,121)(H,101,118)(H,102,125)(H,103,126)(H,104,119)(H,105,123)(H,106,124)(H,107,120)(H,108,122)(H4,92,93,96)/t51-,53+,61-,62-,63-,64-,65-,66-,67-,68-,69-,70-,71-/m0/s1. The van der Waals surface area contributed by atoms with Crippen LogP contribution in [-0.4, -0.2) is 306 Å². The molecule has 4 aromatic heterocycles. The lowest BCUT2D eigenvalue weighted by Gasteiger charge is -2.36. The van der Waals surface area contributed by atoms with Crippen molar-refractivity contribution >= 4 is 140 Å². The first kappa shape index (κ1) is 104. The summed E-state index contributed by atoms with van der Waals surface area (Å²) in [6.07, 6.45) is 7.06. The second-order valence-corrected chi connectivity index (χ2v) is 34.9. The van der Waals surface area contributed by atoms with Gasteiger partial charge in [0.1, 0.15) is 78.1 Å². The molecule has 2 saturated heterocycles. The fourth-order valence-electron chi connectivity index (χ4n) is 15.9. The molecule has 6 heterocycles. The van der Waals surface area contributed by atoms with Gasteiger partial charge in [-0.3, -0.25) is 86.9 Å².